The van der Waals surface area contributed by atoms with Crippen molar-refractivity contribution in [3.63, 3.8) is 0 Å². The summed E-state index contributed by atoms with van der Waals surface area (Å²) in [5.41, 5.74) is 1.23. The number of rotatable bonds is 15. The van der Waals surface area contributed by atoms with Crippen molar-refractivity contribution in [2.24, 2.45) is 5.41 Å². The van der Waals surface area contributed by atoms with Gasteiger partial charge in [-0.3, -0.25) is 14.5 Å². The summed E-state index contributed by atoms with van der Waals surface area (Å²) in [6, 6.07) is 12.1. The first-order valence-corrected chi connectivity index (χ1v) is 13.7. The maximum Gasteiger partial charge on any atom is 0.341 e. The fraction of sp³-hybridized carbons (Fsp3) is 0.516. The Morgan fingerprint density at radius 3 is 2.50 bits per heavy atom. The van der Waals surface area contributed by atoms with Crippen LogP contribution >= 0.6 is 0 Å². The van der Waals surface area contributed by atoms with Crippen molar-refractivity contribution in [1.82, 2.24) is 4.90 Å². The largest absolute Gasteiger partial charge is 0.493 e. The predicted molar refractivity (Wildman–Crippen MR) is 150 cm³/mol. The molecule has 2 aromatic rings. The van der Waals surface area contributed by atoms with Crippen LogP contribution in [-0.2, 0) is 25.5 Å². The van der Waals surface area contributed by atoms with E-state index in [0.717, 1.165) is 18.4 Å². The second-order valence-electron chi connectivity index (χ2n) is 10.7. The second-order valence-corrected chi connectivity index (χ2v) is 10.7. The first-order valence-electron chi connectivity index (χ1n) is 13.7. The van der Waals surface area contributed by atoms with Crippen molar-refractivity contribution in [2.75, 3.05) is 33.9 Å². The van der Waals surface area contributed by atoms with Crippen molar-refractivity contribution in [3.8, 4) is 17.2 Å². The quantitative estimate of drug-likeness (QED) is 0.308. The zero-order chi connectivity index (χ0) is 29.3. The highest BCUT2D eigenvalue weighted by atomic mass is 16.5. The van der Waals surface area contributed by atoms with Gasteiger partial charge in [-0.15, -0.1) is 0 Å². The number of hydrogen-bond acceptors (Lipinski definition) is 8. The highest BCUT2D eigenvalue weighted by Gasteiger charge is 2.37. The molecule has 2 atom stereocenters. The summed E-state index contributed by atoms with van der Waals surface area (Å²) in [5.74, 6) is 0.279. The zero-order valence-electron chi connectivity index (χ0n) is 24.1. The van der Waals surface area contributed by atoms with E-state index in [1.54, 1.807) is 32.4 Å². The van der Waals surface area contributed by atoms with Crippen LogP contribution in [0.5, 0.6) is 17.2 Å². The van der Waals surface area contributed by atoms with Crippen LogP contribution in [0.1, 0.15) is 63.7 Å². The first-order chi connectivity index (χ1) is 19.1. The molecule has 0 saturated carbocycles. The molecule has 40 heavy (non-hydrogen) atoms. The molecule has 1 heterocycles. The molecule has 9 heteroatoms. The molecule has 1 N–H and O–H groups in total. The minimum Gasteiger partial charge on any atom is -0.493 e. The number of carboxylic acids is 1. The van der Waals surface area contributed by atoms with Crippen LogP contribution < -0.4 is 14.2 Å². The van der Waals surface area contributed by atoms with Crippen LogP contribution in [0.25, 0.3) is 0 Å². The van der Waals surface area contributed by atoms with Gasteiger partial charge in [-0.2, -0.15) is 0 Å². The number of aliphatic carboxylic acids is 1. The van der Waals surface area contributed by atoms with E-state index in [2.05, 4.69) is 0 Å². The third kappa shape index (κ3) is 8.21. The minimum absolute atomic E-state index is 0.114. The molecule has 0 amide bonds. The molecular formula is C31H41NO8. The summed E-state index contributed by atoms with van der Waals surface area (Å²) in [6.07, 6.45) is 2.61. The van der Waals surface area contributed by atoms with E-state index in [4.69, 9.17) is 24.1 Å². The van der Waals surface area contributed by atoms with Gasteiger partial charge < -0.3 is 24.1 Å². The lowest BCUT2D eigenvalue weighted by Gasteiger charge is -2.29. The fourth-order valence-corrected chi connectivity index (χ4v) is 4.67. The molecule has 0 unspecified atom stereocenters. The average molecular weight is 556 g/mol. The minimum atomic E-state index is -1.08. The average Bonchev–Trinajstić information content (AvgIpc) is 3.42. The van der Waals surface area contributed by atoms with Gasteiger partial charge in [0.1, 0.15) is 17.9 Å². The Kier molecular flexibility index (Phi) is 11.0. The summed E-state index contributed by atoms with van der Waals surface area (Å²) in [7, 11) is 3.16. The van der Waals surface area contributed by atoms with Crippen LogP contribution in [0, 0.1) is 5.41 Å². The monoisotopic (exact) mass is 555 g/mol. The van der Waals surface area contributed by atoms with Crippen LogP contribution in [0.15, 0.2) is 42.5 Å². The normalized spacial score (nSPS) is 16.3. The van der Waals surface area contributed by atoms with Gasteiger partial charge >= 0.3 is 11.9 Å². The SMILES string of the molecule is CCC(C)(C)C(=O)CN1CCC[C@H]1C(=O)O[C@H](CCc1ccc(OC)c(OC)c1)c1cccc(OCC(=O)O)c1. The number of Topliss-reactive ketones (excluding diaryl/α,β-unsaturated/α-hetero) is 1. The van der Waals surface area contributed by atoms with Gasteiger partial charge in [-0.25, -0.2) is 4.79 Å². The van der Waals surface area contributed by atoms with Crippen LogP contribution in [0.4, 0.5) is 0 Å². The Morgan fingerprint density at radius 1 is 1.07 bits per heavy atom. The Bertz CT molecular complexity index is 1180. The van der Waals surface area contributed by atoms with E-state index in [9.17, 15) is 14.4 Å². The van der Waals surface area contributed by atoms with Gasteiger partial charge in [0.2, 0.25) is 0 Å². The van der Waals surface area contributed by atoms with E-state index < -0.39 is 30.1 Å². The van der Waals surface area contributed by atoms with Gasteiger partial charge in [0.25, 0.3) is 0 Å². The molecule has 1 fully saturated rings. The fourth-order valence-electron chi connectivity index (χ4n) is 4.67. The molecule has 2 aromatic carbocycles. The molecule has 0 aromatic heterocycles. The van der Waals surface area contributed by atoms with E-state index in [0.29, 0.717) is 48.6 Å². The lowest BCUT2D eigenvalue weighted by molar-refractivity contribution is -0.155. The molecule has 9 nitrogen and oxygen atoms in total. The third-order valence-electron chi connectivity index (χ3n) is 7.61. The van der Waals surface area contributed by atoms with Crippen molar-refractivity contribution >= 4 is 17.7 Å². The molecule has 1 saturated heterocycles. The number of nitrogens with zero attached hydrogens (tertiary/aromatic N) is 1. The Hall–Kier alpha value is -3.59. The summed E-state index contributed by atoms with van der Waals surface area (Å²) in [6.45, 7) is 6.27. The Labute approximate surface area is 236 Å². The zero-order valence-corrected chi connectivity index (χ0v) is 24.1. The molecule has 218 valence electrons. The van der Waals surface area contributed by atoms with E-state index in [1.807, 2.05) is 49.9 Å². The van der Waals surface area contributed by atoms with Crippen LogP contribution in [-0.4, -0.2) is 67.7 Å². The number of carbonyl (C=O) groups excluding carboxylic acids is 2. The maximum atomic E-state index is 13.5. The van der Waals surface area contributed by atoms with Gasteiger partial charge in [0.05, 0.1) is 20.8 Å². The topological polar surface area (TPSA) is 112 Å². The summed E-state index contributed by atoms with van der Waals surface area (Å²) in [5, 5.41) is 8.99. The lowest BCUT2D eigenvalue weighted by atomic mass is 9.85. The number of ether oxygens (including phenoxy) is 4. The van der Waals surface area contributed by atoms with Crippen LogP contribution in [0.2, 0.25) is 0 Å². The number of carbonyl (C=O) groups is 3. The smallest absolute Gasteiger partial charge is 0.341 e. The van der Waals surface area contributed by atoms with Gasteiger partial charge in [0, 0.05) is 5.41 Å². The number of hydrogen-bond donors (Lipinski definition) is 1. The summed E-state index contributed by atoms with van der Waals surface area (Å²) >= 11 is 0. The molecule has 3 rings (SSSR count). The number of aryl methyl sites for hydroxylation is 1. The first kappa shape index (κ1) is 30.9. The molecule has 1 aliphatic heterocycles. The molecule has 0 radical (unpaired) electrons. The summed E-state index contributed by atoms with van der Waals surface area (Å²) < 4.78 is 22.3. The van der Waals surface area contributed by atoms with Crippen molar-refractivity contribution in [3.05, 3.63) is 53.6 Å². The lowest BCUT2D eigenvalue weighted by Crippen LogP contribution is -2.43. The van der Waals surface area contributed by atoms with E-state index >= 15 is 0 Å². The number of benzene rings is 2. The van der Waals surface area contributed by atoms with Crippen LogP contribution in [0.3, 0.4) is 0 Å². The third-order valence-corrected chi connectivity index (χ3v) is 7.61. The molecule has 0 aliphatic carbocycles. The number of esters is 1. The molecule has 1 aliphatic rings. The van der Waals surface area contributed by atoms with Gasteiger partial charge in [-0.05, 0) is 74.0 Å². The number of ketones is 1. The van der Waals surface area contributed by atoms with E-state index in [1.165, 1.54) is 0 Å². The summed E-state index contributed by atoms with van der Waals surface area (Å²) in [4.78, 5) is 39.3. The Balaban J connectivity index is 1.80. The van der Waals surface area contributed by atoms with Gasteiger partial charge in [0.15, 0.2) is 23.9 Å². The number of likely N-dealkylation sites (tertiary alicyclic amines) is 1. The highest BCUT2D eigenvalue weighted by Crippen LogP contribution is 2.32. The standard InChI is InChI=1S/C31H41NO8/c1-6-31(2,3)28(33)19-32-16-8-11-24(32)30(36)40-25(22-9-7-10-23(18-22)39-20-29(34)35)14-12-21-13-15-26(37-4)27(17-21)38-5/h7,9-10,13,15,17-18,24-25H,6,8,11-12,14,16,19-20H2,1-5H3,(H,34,35)/t24-,25+/m0/s1. The maximum absolute atomic E-state index is 13.5. The van der Waals surface area contributed by atoms with Gasteiger partial charge in [-0.1, -0.05) is 39.0 Å². The Morgan fingerprint density at radius 2 is 1.82 bits per heavy atom. The highest BCUT2D eigenvalue weighted by molar-refractivity contribution is 5.87. The molecule has 0 spiro atoms. The second kappa shape index (κ2) is 14.2. The number of carboxylic acid groups (broad SMARTS) is 1. The van der Waals surface area contributed by atoms with Crippen molar-refractivity contribution in [2.45, 2.75) is 65.0 Å². The number of methoxy groups -OCH3 is 2. The van der Waals surface area contributed by atoms with Crippen molar-refractivity contribution in [1.29, 1.82) is 0 Å². The molecule has 0 bridgehead atoms. The van der Waals surface area contributed by atoms with E-state index in [-0.39, 0.29) is 18.3 Å². The molecular weight excluding hydrogens is 514 g/mol. The predicted octanol–water partition coefficient (Wildman–Crippen LogP) is 4.85. The van der Waals surface area contributed by atoms with Crippen molar-refractivity contribution < 1.29 is 38.4 Å².